The summed E-state index contributed by atoms with van der Waals surface area (Å²) < 4.78 is 5.53. The number of esters is 1. The molecule has 0 bridgehead atoms. The van der Waals surface area contributed by atoms with Crippen molar-refractivity contribution in [1.82, 2.24) is 10.2 Å². The van der Waals surface area contributed by atoms with E-state index >= 15 is 0 Å². The minimum absolute atomic E-state index is 0.0221. The van der Waals surface area contributed by atoms with Crippen molar-refractivity contribution in [3.63, 3.8) is 0 Å². The number of ether oxygens (including phenoxy) is 1. The third-order valence-corrected chi connectivity index (χ3v) is 6.14. The monoisotopic (exact) mass is 485 g/mol. The van der Waals surface area contributed by atoms with Crippen LogP contribution >= 0.6 is 11.8 Å². The number of carboxylic acids is 1. The van der Waals surface area contributed by atoms with Crippen LogP contribution in [-0.2, 0) is 14.3 Å². The maximum atomic E-state index is 13.2. The molecule has 34 heavy (non-hydrogen) atoms. The van der Waals surface area contributed by atoms with Crippen molar-refractivity contribution in [1.29, 1.82) is 0 Å². The molecule has 3 N–H and O–H groups in total. The third-order valence-electron chi connectivity index (χ3n) is 4.82. The van der Waals surface area contributed by atoms with Gasteiger partial charge in [0.2, 0.25) is 5.91 Å². The first-order chi connectivity index (χ1) is 16.0. The van der Waals surface area contributed by atoms with Crippen LogP contribution in [0.4, 0.5) is 10.5 Å². The van der Waals surface area contributed by atoms with Crippen LogP contribution in [0.15, 0.2) is 54.6 Å². The zero-order valence-corrected chi connectivity index (χ0v) is 19.9. The summed E-state index contributed by atoms with van der Waals surface area (Å²) in [6.07, 6.45) is 0. The second kappa shape index (κ2) is 10.6. The van der Waals surface area contributed by atoms with E-state index in [1.54, 1.807) is 20.8 Å². The number of benzene rings is 2. The lowest BCUT2D eigenvalue weighted by atomic mass is 10.1. The number of amides is 3. The van der Waals surface area contributed by atoms with E-state index in [0.29, 0.717) is 5.75 Å². The number of anilines is 1. The molecule has 3 amide bonds. The Labute approximate surface area is 201 Å². The summed E-state index contributed by atoms with van der Waals surface area (Å²) in [5.41, 5.74) is 0.454. The van der Waals surface area contributed by atoms with Gasteiger partial charge >= 0.3 is 18.0 Å². The van der Waals surface area contributed by atoms with Gasteiger partial charge in [0, 0.05) is 11.4 Å². The number of hydrogen-bond acceptors (Lipinski definition) is 6. The Balaban J connectivity index is 1.71. The summed E-state index contributed by atoms with van der Waals surface area (Å²) in [5.74, 6) is -1.69. The Bertz CT molecular complexity index is 1070. The van der Waals surface area contributed by atoms with Crippen molar-refractivity contribution < 1.29 is 29.0 Å². The van der Waals surface area contributed by atoms with E-state index in [9.17, 15) is 19.2 Å². The van der Waals surface area contributed by atoms with E-state index in [0.717, 1.165) is 5.56 Å². The predicted molar refractivity (Wildman–Crippen MR) is 129 cm³/mol. The van der Waals surface area contributed by atoms with E-state index in [4.69, 9.17) is 9.84 Å². The lowest BCUT2D eigenvalue weighted by molar-refractivity contribution is -0.163. The van der Waals surface area contributed by atoms with E-state index in [-0.39, 0.29) is 17.8 Å². The summed E-state index contributed by atoms with van der Waals surface area (Å²) >= 11 is 1.46. The number of aromatic carboxylic acids is 1. The fraction of sp³-hybridized carbons (Fsp3) is 0.333. The number of rotatable bonds is 6. The average Bonchev–Trinajstić information content (AvgIpc) is 3.23. The molecule has 0 saturated carbocycles. The Morgan fingerprint density at radius 1 is 1.09 bits per heavy atom. The normalized spacial score (nSPS) is 17.7. The molecule has 1 fully saturated rings. The van der Waals surface area contributed by atoms with Gasteiger partial charge in [-0.05, 0) is 44.5 Å². The van der Waals surface area contributed by atoms with Gasteiger partial charge in [-0.15, -0.1) is 11.8 Å². The molecular formula is C24H27N3O6S. The lowest BCUT2D eigenvalue weighted by Gasteiger charge is -2.30. The second-order valence-electron chi connectivity index (χ2n) is 8.64. The minimum Gasteiger partial charge on any atom is -0.478 e. The van der Waals surface area contributed by atoms with Crippen LogP contribution in [0, 0.1) is 0 Å². The molecule has 1 heterocycles. The second-order valence-corrected chi connectivity index (χ2v) is 9.75. The van der Waals surface area contributed by atoms with Gasteiger partial charge in [0.05, 0.1) is 12.1 Å². The maximum absolute atomic E-state index is 13.2. The van der Waals surface area contributed by atoms with Gasteiger partial charge in [0.15, 0.2) is 0 Å². The van der Waals surface area contributed by atoms with E-state index < -0.39 is 40.9 Å². The van der Waals surface area contributed by atoms with Crippen LogP contribution in [0.25, 0.3) is 0 Å². The lowest BCUT2D eigenvalue weighted by Crippen LogP contribution is -2.49. The van der Waals surface area contributed by atoms with Crippen LogP contribution in [0.3, 0.4) is 0 Å². The minimum atomic E-state index is -1.12. The molecule has 3 rings (SSSR count). The van der Waals surface area contributed by atoms with Gasteiger partial charge < -0.3 is 25.4 Å². The van der Waals surface area contributed by atoms with Crippen molar-refractivity contribution in [3.8, 4) is 0 Å². The molecule has 180 valence electrons. The molecule has 0 spiro atoms. The van der Waals surface area contributed by atoms with Gasteiger partial charge in [-0.25, -0.2) is 14.4 Å². The molecule has 1 aliphatic rings. The molecule has 2 aromatic carbocycles. The zero-order valence-electron chi connectivity index (χ0n) is 19.1. The highest BCUT2D eigenvalue weighted by molar-refractivity contribution is 7.99. The molecule has 0 aromatic heterocycles. The number of urea groups is 1. The molecule has 10 heteroatoms. The van der Waals surface area contributed by atoms with Crippen molar-refractivity contribution in [2.45, 2.75) is 37.8 Å². The number of thioether (sulfide) groups is 1. The highest BCUT2D eigenvalue weighted by atomic mass is 32.2. The highest BCUT2D eigenvalue weighted by Gasteiger charge is 2.43. The molecule has 9 nitrogen and oxygen atoms in total. The fourth-order valence-electron chi connectivity index (χ4n) is 3.39. The predicted octanol–water partition coefficient (Wildman–Crippen LogP) is 3.49. The Hall–Kier alpha value is -3.53. The Kier molecular flexibility index (Phi) is 7.83. The number of carboxylic acid groups (broad SMARTS) is 1. The standard InChI is InChI=1S/C24H27N3O6S/c1-24(2,3)33-22(31)18-14-34-20(15-8-5-4-6-9-15)27(18)19(28)13-25-23(32)26-17-11-7-10-16(12-17)21(29)30/h4-12,18,20H,13-14H2,1-3H3,(H,29,30)(H2,25,26,32)/t18-,20+/m0/s1. The molecule has 1 saturated heterocycles. The largest absolute Gasteiger partial charge is 0.478 e. The van der Waals surface area contributed by atoms with Crippen LogP contribution in [0.2, 0.25) is 0 Å². The van der Waals surface area contributed by atoms with Gasteiger partial charge in [0.1, 0.15) is 17.0 Å². The average molecular weight is 486 g/mol. The SMILES string of the molecule is CC(C)(C)OC(=O)[C@@H]1CS[C@H](c2ccccc2)N1C(=O)CNC(=O)Nc1cccc(C(=O)O)c1. The van der Waals surface area contributed by atoms with Crippen molar-refractivity contribution >= 4 is 41.3 Å². The highest BCUT2D eigenvalue weighted by Crippen LogP contribution is 2.41. The molecule has 1 aliphatic heterocycles. The molecule has 0 unspecified atom stereocenters. The molecule has 0 aliphatic carbocycles. The van der Waals surface area contributed by atoms with Crippen LogP contribution in [0.1, 0.15) is 42.1 Å². The number of nitrogens with one attached hydrogen (secondary N) is 2. The van der Waals surface area contributed by atoms with E-state index in [1.807, 2.05) is 30.3 Å². The first-order valence-electron chi connectivity index (χ1n) is 10.6. The Morgan fingerprint density at radius 3 is 2.44 bits per heavy atom. The van der Waals surface area contributed by atoms with Gasteiger partial charge in [-0.2, -0.15) is 0 Å². The zero-order chi connectivity index (χ0) is 24.9. The van der Waals surface area contributed by atoms with Gasteiger partial charge in [0.25, 0.3) is 0 Å². The summed E-state index contributed by atoms with van der Waals surface area (Å²) in [6.45, 7) is 4.94. The Morgan fingerprint density at radius 2 is 1.79 bits per heavy atom. The first kappa shape index (κ1) is 25.1. The van der Waals surface area contributed by atoms with Gasteiger partial charge in [-0.1, -0.05) is 36.4 Å². The molecule has 2 atom stereocenters. The summed E-state index contributed by atoms with van der Waals surface area (Å²) in [6, 6.07) is 13.6. The van der Waals surface area contributed by atoms with Crippen LogP contribution in [0.5, 0.6) is 0 Å². The van der Waals surface area contributed by atoms with Crippen molar-refractivity contribution in [2.75, 3.05) is 17.6 Å². The topological polar surface area (TPSA) is 125 Å². The summed E-state index contributed by atoms with van der Waals surface area (Å²) in [5, 5.41) is 13.7. The number of hydrogen-bond donors (Lipinski definition) is 3. The summed E-state index contributed by atoms with van der Waals surface area (Å²) in [4.78, 5) is 50.9. The third kappa shape index (κ3) is 6.50. The van der Waals surface area contributed by atoms with Crippen LogP contribution < -0.4 is 10.6 Å². The quantitative estimate of drug-likeness (QED) is 0.535. The maximum Gasteiger partial charge on any atom is 0.335 e. The van der Waals surface area contributed by atoms with Crippen LogP contribution in [-0.4, -0.2) is 57.8 Å². The first-order valence-corrected chi connectivity index (χ1v) is 11.7. The number of carbonyl (C=O) groups is 4. The van der Waals surface area contributed by atoms with E-state index in [1.165, 1.54) is 40.9 Å². The van der Waals surface area contributed by atoms with Crippen molar-refractivity contribution in [2.24, 2.45) is 0 Å². The molecule has 0 radical (unpaired) electrons. The number of carbonyl (C=O) groups excluding carboxylic acids is 3. The van der Waals surface area contributed by atoms with Crippen molar-refractivity contribution in [3.05, 3.63) is 65.7 Å². The molecule has 2 aromatic rings. The molecular weight excluding hydrogens is 458 g/mol. The van der Waals surface area contributed by atoms with Gasteiger partial charge in [-0.3, -0.25) is 4.79 Å². The fourth-order valence-corrected chi connectivity index (χ4v) is 4.83. The van der Waals surface area contributed by atoms with E-state index in [2.05, 4.69) is 10.6 Å². The number of nitrogens with zero attached hydrogens (tertiary/aromatic N) is 1. The smallest absolute Gasteiger partial charge is 0.335 e. The summed E-state index contributed by atoms with van der Waals surface area (Å²) in [7, 11) is 0.